The molecule has 98 valence electrons. The van der Waals surface area contributed by atoms with Crippen LogP contribution in [-0.2, 0) is 0 Å². The zero-order valence-corrected chi connectivity index (χ0v) is 12.8. The molecule has 0 aliphatic heterocycles. The van der Waals surface area contributed by atoms with E-state index in [4.69, 9.17) is 11.6 Å². The number of nitrogens with one attached hydrogen (secondary N) is 1. The van der Waals surface area contributed by atoms with Gasteiger partial charge in [0.2, 0.25) is 0 Å². The van der Waals surface area contributed by atoms with Gasteiger partial charge in [0.15, 0.2) is 0 Å². The van der Waals surface area contributed by atoms with E-state index < -0.39 is 0 Å². The van der Waals surface area contributed by atoms with Crippen LogP contribution in [0.4, 0.5) is 5.69 Å². The molecule has 0 heterocycles. The minimum atomic E-state index is 0.568. The average Bonchev–Trinajstić information content (AvgIpc) is 2.37. The van der Waals surface area contributed by atoms with Crippen LogP contribution in [0.1, 0.15) is 24.3 Å². The molecular formula is C16H15BrClN. The Morgan fingerprint density at radius 3 is 2.37 bits per heavy atom. The fourth-order valence-corrected chi connectivity index (χ4v) is 3.31. The molecule has 0 bridgehead atoms. The van der Waals surface area contributed by atoms with Gasteiger partial charge in [0, 0.05) is 21.2 Å². The second kappa shape index (κ2) is 5.56. The molecule has 0 aromatic heterocycles. The highest BCUT2D eigenvalue weighted by Gasteiger charge is 2.31. The van der Waals surface area contributed by atoms with Crippen molar-refractivity contribution in [3.05, 3.63) is 63.6 Å². The van der Waals surface area contributed by atoms with Crippen molar-refractivity contribution >= 4 is 33.2 Å². The summed E-state index contributed by atoms with van der Waals surface area (Å²) in [5.74, 6) is 0.667. The van der Waals surface area contributed by atoms with E-state index >= 15 is 0 Å². The molecule has 1 saturated carbocycles. The Balaban J connectivity index is 1.58. The Morgan fingerprint density at radius 2 is 1.68 bits per heavy atom. The van der Waals surface area contributed by atoms with E-state index in [9.17, 15) is 0 Å². The lowest BCUT2D eigenvalue weighted by molar-refractivity contribution is 0.373. The summed E-state index contributed by atoms with van der Waals surface area (Å²) >= 11 is 9.51. The molecule has 1 nitrogen and oxygen atoms in total. The molecule has 0 spiro atoms. The number of anilines is 1. The molecule has 3 rings (SSSR count). The maximum absolute atomic E-state index is 5.88. The quantitative estimate of drug-likeness (QED) is 0.784. The zero-order valence-electron chi connectivity index (χ0n) is 10.4. The van der Waals surface area contributed by atoms with Gasteiger partial charge >= 0.3 is 0 Å². The molecule has 1 aliphatic carbocycles. The number of rotatable bonds is 3. The highest BCUT2D eigenvalue weighted by Crippen LogP contribution is 2.41. The van der Waals surface area contributed by atoms with Crippen molar-refractivity contribution in [2.24, 2.45) is 0 Å². The molecule has 0 saturated heterocycles. The summed E-state index contributed by atoms with van der Waals surface area (Å²) in [4.78, 5) is 0. The van der Waals surface area contributed by atoms with Crippen LogP contribution in [0.2, 0.25) is 5.02 Å². The van der Waals surface area contributed by atoms with Crippen molar-refractivity contribution in [2.45, 2.75) is 24.8 Å². The van der Waals surface area contributed by atoms with Crippen molar-refractivity contribution < 1.29 is 0 Å². The lowest BCUT2D eigenvalue weighted by Gasteiger charge is -2.37. The highest BCUT2D eigenvalue weighted by atomic mass is 79.9. The minimum Gasteiger partial charge on any atom is -0.382 e. The zero-order chi connectivity index (χ0) is 13.2. The lowest BCUT2D eigenvalue weighted by Crippen LogP contribution is -2.34. The maximum Gasteiger partial charge on any atom is 0.0407 e. The average molecular weight is 337 g/mol. The highest BCUT2D eigenvalue weighted by molar-refractivity contribution is 9.10. The Kier molecular flexibility index (Phi) is 3.81. The summed E-state index contributed by atoms with van der Waals surface area (Å²) in [6.45, 7) is 0. The largest absolute Gasteiger partial charge is 0.382 e. The molecule has 0 unspecified atom stereocenters. The molecule has 1 fully saturated rings. The third-order valence-electron chi connectivity index (χ3n) is 3.70. The Labute approximate surface area is 127 Å². The van der Waals surface area contributed by atoms with Gasteiger partial charge in [0.25, 0.3) is 0 Å². The number of hydrogen-bond acceptors (Lipinski definition) is 1. The van der Waals surface area contributed by atoms with Crippen LogP contribution in [0.25, 0.3) is 0 Å². The third kappa shape index (κ3) is 2.96. The van der Waals surface area contributed by atoms with Gasteiger partial charge in [-0.25, -0.2) is 0 Å². The molecular weight excluding hydrogens is 322 g/mol. The van der Waals surface area contributed by atoms with Crippen molar-refractivity contribution in [1.82, 2.24) is 0 Å². The molecule has 19 heavy (non-hydrogen) atoms. The van der Waals surface area contributed by atoms with Gasteiger partial charge in [-0.3, -0.25) is 0 Å². The van der Waals surface area contributed by atoms with E-state index in [0.717, 1.165) is 10.7 Å². The van der Waals surface area contributed by atoms with Gasteiger partial charge in [-0.05, 0) is 54.7 Å². The molecule has 2 aromatic carbocycles. The summed E-state index contributed by atoms with van der Waals surface area (Å²) in [7, 11) is 0. The number of benzene rings is 2. The van der Waals surface area contributed by atoms with Crippen molar-refractivity contribution in [3.8, 4) is 0 Å². The second-order valence-electron chi connectivity index (χ2n) is 5.04. The van der Waals surface area contributed by atoms with Gasteiger partial charge in [-0.1, -0.05) is 45.7 Å². The van der Waals surface area contributed by atoms with Gasteiger partial charge in [0.05, 0.1) is 0 Å². The molecule has 1 N–H and O–H groups in total. The minimum absolute atomic E-state index is 0.568. The van der Waals surface area contributed by atoms with Gasteiger partial charge in [-0.15, -0.1) is 0 Å². The normalized spacial score (nSPS) is 21.8. The summed E-state index contributed by atoms with van der Waals surface area (Å²) < 4.78 is 1.23. The fourth-order valence-electron chi connectivity index (χ4n) is 2.58. The predicted molar refractivity (Wildman–Crippen MR) is 85.0 cm³/mol. The first-order valence-corrected chi connectivity index (χ1v) is 7.66. The Morgan fingerprint density at radius 1 is 1.00 bits per heavy atom. The van der Waals surface area contributed by atoms with E-state index in [1.54, 1.807) is 0 Å². The summed E-state index contributed by atoms with van der Waals surface area (Å²) in [6.07, 6.45) is 2.37. The van der Waals surface area contributed by atoms with Crippen LogP contribution in [-0.4, -0.2) is 6.04 Å². The van der Waals surface area contributed by atoms with E-state index in [2.05, 4.69) is 45.5 Å². The summed E-state index contributed by atoms with van der Waals surface area (Å²) in [5.41, 5.74) is 2.58. The topological polar surface area (TPSA) is 12.0 Å². The fraction of sp³-hybridized carbons (Fsp3) is 0.250. The van der Waals surface area contributed by atoms with Gasteiger partial charge < -0.3 is 5.32 Å². The van der Waals surface area contributed by atoms with E-state index in [0.29, 0.717) is 12.0 Å². The number of hydrogen-bond donors (Lipinski definition) is 1. The standard InChI is InChI=1S/C16H15BrClN/c17-16-4-2-1-3-15(16)11-9-14(10-11)19-13-7-5-12(18)6-8-13/h1-8,11,14,19H,9-10H2. The van der Waals surface area contributed by atoms with Crippen molar-refractivity contribution in [2.75, 3.05) is 5.32 Å². The molecule has 1 aliphatic rings. The number of halogens is 2. The van der Waals surface area contributed by atoms with Gasteiger partial charge in [-0.2, -0.15) is 0 Å². The monoisotopic (exact) mass is 335 g/mol. The van der Waals surface area contributed by atoms with Crippen LogP contribution in [0.5, 0.6) is 0 Å². The van der Waals surface area contributed by atoms with E-state index in [1.165, 1.54) is 22.9 Å². The maximum atomic E-state index is 5.88. The second-order valence-corrected chi connectivity index (χ2v) is 6.33. The van der Waals surface area contributed by atoms with Crippen molar-refractivity contribution in [1.29, 1.82) is 0 Å². The third-order valence-corrected chi connectivity index (χ3v) is 4.67. The van der Waals surface area contributed by atoms with Crippen LogP contribution >= 0.6 is 27.5 Å². The predicted octanol–water partition coefficient (Wildman–Crippen LogP) is 5.46. The summed E-state index contributed by atoms with van der Waals surface area (Å²) in [5, 5.41) is 4.33. The van der Waals surface area contributed by atoms with E-state index in [-0.39, 0.29) is 0 Å². The Bertz CT molecular complexity index is 561. The van der Waals surface area contributed by atoms with Gasteiger partial charge in [0.1, 0.15) is 0 Å². The first-order chi connectivity index (χ1) is 9.22. The SMILES string of the molecule is Clc1ccc(NC2CC(c3ccccc3Br)C2)cc1. The lowest BCUT2D eigenvalue weighted by atomic mass is 9.76. The summed E-state index contributed by atoms with van der Waals surface area (Å²) in [6, 6.07) is 17.0. The smallest absolute Gasteiger partial charge is 0.0407 e. The van der Waals surface area contributed by atoms with Crippen LogP contribution in [0.3, 0.4) is 0 Å². The molecule has 3 heteroatoms. The molecule has 2 aromatic rings. The van der Waals surface area contributed by atoms with Crippen LogP contribution in [0, 0.1) is 0 Å². The van der Waals surface area contributed by atoms with Crippen LogP contribution < -0.4 is 5.32 Å². The molecule has 0 atom stereocenters. The van der Waals surface area contributed by atoms with Crippen LogP contribution in [0.15, 0.2) is 53.0 Å². The first kappa shape index (κ1) is 13.0. The van der Waals surface area contributed by atoms with Crippen molar-refractivity contribution in [3.63, 3.8) is 0 Å². The first-order valence-electron chi connectivity index (χ1n) is 6.49. The molecule has 0 amide bonds. The Hall–Kier alpha value is -0.990. The molecule has 0 radical (unpaired) electrons. The van der Waals surface area contributed by atoms with E-state index in [1.807, 2.05) is 24.3 Å².